The number of carbonyl (C=O) groups excluding carboxylic acids is 1. The molecule has 0 rings (SSSR count). The number of hydrogen-bond acceptors (Lipinski definition) is 4. The lowest BCUT2D eigenvalue weighted by atomic mass is 10.2. The average Bonchev–Trinajstić information content (AvgIpc) is 1.92. The molecule has 4 nitrogen and oxygen atoms in total. The summed E-state index contributed by atoms with van der Waals surface area (Å²) in [5, 5.41) is 0. The van der Waals surface area contributed by atoms with Gasteiger partial charge < -0.3 is 14.2 Å². The second-order valence-electron chi connectivity index (χ2n) is 5.27. The van der Waals surface area contributed by atoms with Crippen LogP contribution in [0.15, 0.2) is 0 Å². The van der Waals surface area contributed by atoms with E-state index in [1.54, 1.807) is 20.8 Å². The summed E-state index contributed by atoms with van der Waals surface area (Å²) < 4.78 is 15.2. The minimum absolute atomic E-state index is 0.211. The average molecular weight is 218 g/mol. The van der Waals surface area contributed by atoms with E-state index in [0.717, 1.165) is 0 Å². The molecule has 0 atom stereocenters. The summed E-state index contributed by atoms with van der Waals surface area (Å²) in [6, 6.07) is 0. The first kappa shape index (κ1) is 14.2. The Morgan fingerprint density at radius 3 is 1.87 bits per heavy atom. The Bertz CT molecular complexity index is 198. The number of carbonyl (C=O) groups is 1. The van der Waals surface area contributed by atoms with Crippen molar-refractivity contribution in [2.24, 2.45) is 0 Å². The second kappa shape index (κ2) is 5.35. The van der Waals surface area contributed by atoms with Gasteiger partial charge in [0, 0.05) is 0 Å². The molecule has 0 saturated heterocycles. The third-order valence-corrected chi connectivity index (χ3v) is 1.23. The highest BCUT2D eigenvalue weighted by Crippen LogP contribution is 2.09. The molecule has 0 heterocycles. The Labute approximate surface area is 91.9 Å². The molecule has 4 heteroatoms. The molecular formula is C11H22O4. The molecule has 0 unspecified atom stereocenters. The third-order valence-electron chi connectivity index (χ3n) is 1.23. The van der Waals surface area contributed by atoms with Crippen molar-refractivity contribution < 1.29 is 19.0 Å². The molecule has 0 aromatic heterocycles. The Kier molecular flexibility index (Phi) is 5.08. The first-order chi connectivity index (χ1) is 6.60. The molecule has 0 saturated carbocycles. The zero-order valence-corrected chi connectivity index (χ0v) is 10.5. The summed E-state index contributed by atoms with van der Waals surface area (Å²) in [4.78, 5) is 11.1. The highest BCUT2D eigenvalue weighted by atomic mass is 16.7. The van der Waals surface area contributed by atoms with Gasteiger partial charge in [0.25, 0.3) is 0 Å². The van der Waals surface area contributed by atoms with Crippen molar-refractivity contribution in [3.63, 3.8) is 0 Å². The fraction of sp³-hybridized carbons (Fsp3) is 0.909. The summed E-state index contributed by atoms with van der Waals surface area (Å²) >= 11 is 0. The van der Waals surface area contributed by atoms with E-state index in [2.05, 4.69) is 0 Å². The summed E-state index contributed by atoms with van der Waals surface area (Å²) in [6.45, 7) is 11.8. The van der Waals surface area contributed by atoms with Gasteiger partial charge >= 0.3 is 6.16 Å². The quantitative estimate of drug-likeness (QED) is 0.539. The summed E-state index contributed by atoms with van der Waals surface area (Å²) in [5.74, 6) is 0. The monoisotopic (exact) mass is 218 g/mol. The standard InChI is InChI=1S/C11H22O4/c1-10(2,3)14-8-7-13-9(12)15-11(4,5)6/h7-8H2,1-6H3. The van der Waals surface area contributed by atoms with E-state index in [0.29, 0.717) is 6.61 Å². The zero-order valence-electron chi connectivity index (χ0n) is 10.5. The van der Waals surface area contributed by atoms with Gasteiger partial charge in [-0.05, 0) is 41.5 Å². The predicted octanol–water partition coefficient (Wildman–Crippen LogP) is 2.75. The van der Waals surface area contributed by atoms with Crippen LogP contribution in [-0.4, -0.2) is 30.6 Å². The molecule has 0 spiro atoms. The minimum atomic E-state index is -0.653. The van der Waals surface area contributed by atoms with Crippen LogP contribution in [0.25, 0.3) is 0 Å². The lowest BCUT2D eigenvalue weighted by Crippen LogP contribution is -2.26. The molecule has 0 aliphatic heterocycles. The largest absolute Gasteiger partial charge is 0.508 e. The number of hydrogen-bond donors (Lipinski definition) is 0. The molecule has 0 amide bonds. The maximum atomic E-state index is 11.1. The fourth-order valence-corrected chi connectivity index (χ4v) is 0.752. The number of rotatable bonds is 3. The molecule has 0 N–H and O–H groups in total. The maximum absolute atomic E-state index is 11.1. The van der Waals surface area contributed by atoms with Gasteiger partial charge in [-0.25, -0.2) is 4.79 Å². The van der Waals surface area contributed by atoms with Crippen molar-refractivity contribution in [3.8, 4) is 0 Å². The maximum Gasteiger partial charge on any atom is 0.508 e. The van der Waals surface area contributed by atoms with Crippen molar-refractivity contribution in [2.45, 2.75) is 52.7 Å². The number of ether oxygens (including phenoxy) is 3. The van der Waals surface area contributed by atoms with Crippen molar-refractivity contribution in [1.82, 2.24) is 0 Å². The zero-order chi connectivity index (χ0) is 12.1. The van der Waals surface area contributed by atoms with Gasteiger partial charge in [-0.3, -0.25) is 0 Å². The highest BCUT2D eigenvalue weighted by Gasteiger charge is 2.17. The van der Waals surface area contributed by atoms with E-state index in [9.17, 15) is 4.79 Å². The van der Waals surface area contributed by atoms with Crippen molar-refractivity contribution in [3.05, 3.63) is 0 Å². The fourth-order valence-electron chi connectivity index (χ4n) is 0.752. The lowest BCUT2D eigenvalue weighted by Gasteiger charge is -2.21. The molecule has 90 valence electrons. The topological polar surface area (TPSA) is 44.8 Å². The molecule has 0 aromatic carbocycles. The van der Waals surface area contributed by atoms with Crippen molar-refractivity contribution in [1.29, 1.82) is 0 Å². The van der Waals surface area contributed by atoms with Crippen molar-refractivity contribution in [2.75, 3.05) is 13.2 Å². The normalized spacial score (nSPS) is 12.4. The SMILES string of the molecule is CC(C)(C)OCCOC(=O)OC(C)(C)C. The molecule has 0 fully saturated rings. The van der Waals surface area contributed by atoms with Crippen LogP contribution in [-0.2, 0) is 14.2 Å². The van der Waals surface area contributed by atoms with Crippen LogP contribution in [0.1, 0.15) is 41.5 Å². The summed E-state index contributed by atoms with van der Waals surface area (Å²) in [7, 11) is 0. The molecule has 0 aromatic rings. The van der Waals surface area contributed by atoms with E-state index >= 15 is 0 Å². The van der Waals surface area contributed by atoms with Crippen LogP contribution >= 0.6 is 0 Å². The molecule has 0 aliphatic rings. The first-order valence-electron chi connectivity index (χ1n) is 5.10. The highest BCUT2D eigenvalue weighted by molar-refractivity contribution is 5.60. The Morgan fingerprint density at radius 2 is 1.47 bits per heavy atom. The van der Waals surface area contributed by atoms with Crippen LogP contribution in [0.5, 0.6) is 0 Å². The van der Waals surface area contributed by atoms with Crippen LogP contribution < -0.4 is 0 Å². The van der Waals surface area contributed by atoms with E-state index < -0.39 is 11.8 Å². The van der Waals surface area contributed by atoms with E-state index in [4.69, 9.17) is 14.2 Å². The first-order valence-corrected chi connectivity index (χ1v) is 5.10. The minimum Gasteiger partial charge on any atom is -0.432 e. The summed E-state index contributed by atoms with van der Waals surface area (Å²) in [6.07, 6.45) is -0.653. The molecule has 0 bridgehead atoms. The predicted molar refractivity (Wildman–Crippen MR) is 57.9 cm³/mol. The van der Waals surface area contributed by atoms with E-state index in [-0.39, 0.29) is 12.2 Å². The molecular weight excluding hydrogens is 196 g/mol. The second-order valence-corrected chi connectivity index (χ2v) is 5.27. The molecule has 0 radical (unpaired) electrons. The van der Waals surface area contributed by atoms with Crippen LogP contribution in [0.4, 0.5) is 4.79 Å². The Hall–Kier alpha value is -0.770. The van der Waals surface area contributed by atoms with Gasteiger partial charge in [0.2, 0.25) is 0 Å². The Morgan fingerprint density at radius 1 is 0.933 bits per heavy atom. The summed E-state index contributed by atoms with van der Waals surface area (Å²) in [5.41, 5.74) is -0.723. The van der Waals surface area contributed by atoms with Crippen LogP contribution in [0, 0.1) is 0 Å². The molecule has 15 heavy (non-hydrogen) atoms. The third kappa shape index (κ3) is 11.2. The van der Waals surface area contributed by atoms with Crippen molar-refractivity contribution >= 4 is 6.16 Å². The van der Waals surface area contributed by atoms with Crippen LogP contribution in [0.3, 0.4) is 0 Å². The van der Waals surface area contributed by atoms with Gasteiger partial charge in [-0.2, -0.15) is 0 Å². The van der Waals surface area contributed by atoms with E-state index in [1.807, 2.05) is 20.8 Å². The van der Waals surface area contributed by atoms with Gasteiger partial charge in [-0.15, -0.1) is 0 Å². The Balaban J connectivity index is 3.57. The van der Waals surface area contributed by atoms with E-state index in [1.165, 1.54) is 0 Å². The van der Waals surface area contributed by atoms with Gasteiger partial charge in [0.05, 0.1) is 12.2 Å². The smallest absolute Gasteiger partial charge is 0.432 e. The van der Waals surface area contributed by atoms with Crippen LogP contribution in [0.2, 0.25) is 0 Å². The van der Waals surface area contributed by atoms with Gasteiger partial charge in [0.1, 0.15) is 12.2 Å². The van der Waals surface area contributed by atoms with Gasteiger partial charge in [0.15, 0.2) is 0 Å². The lowest BCUT2D eigenvalue weighted by molar-refractivity contribution is -0.0475. The molecule has 0 aliphatic carbocycles. The van der Waals surface area contributed by atoms with Gasteiger partial charge in [-0.1, -0.05) is 0 Å².